The van der Waals surface area contributed by atoms with E-state index in [1.54, 1.807) is 19.1 Å². The Morgan fingerprint density at radius 1 is 1.39 bits per heavy atom. The molecule has 0 saturated carbocycles. The molecule has 0 bridgehead atoms. The summed E-state index contributed by atoms with van der Waals surface area (Å²) in [5, 5.41) is 12.6. The number of piperazine rings is 1. The molecule has 0 aromatic heterocycles. The summed E-state index contributed by atoms with van der Waals surface area (Å²) >= 11 is 6.07. The summed E-state index contributed by atoms with van der Waals surface area (Å²) in [5.74, 6) is -0.924. The number of carboxylic acid groups (broad SMARTS) is 1. The maximum Gasteiger partial charge on any atom is 0.337 e. The van der Waals surface area contributed by atoms with Crippen molar-refractivity contribution in [3.8, 4) is 5.75 Å². The van der Waals surface area contributed by atoms with E-state index in [1.807, 2.05) is 6.07 Å². The molecule has 1 saturated heterocycles. The van der Waals surface area contributed by atoms with Crippen LogP contribution in [0.25, 0.3) is 0 Å². The molecule has 1 fully saturated rings. The van der Waals surface area contributed by atoms with Crippen LogP contribution in [0.1, 0.15) is 34.5 Å². The number of aryl methyl sites for hydroxylation is 1. The van der Waals surface area contributed by atoms with Gasteiger partial charge in [0.2, 0.25) is 0 Å². The second-order valence-corrected chi connectivity index (χ2v) is 7.58. The van der Waals surface area contributed by atoms with Gasteiger partial charge in [0.15, 0.2) is 0 Å². The molecule has 1 aliphatic rings. The molecule has 2 aromatic carbocycles. The van der Waals surface area contributed by atoms with Crippen molar-refractivity contribution in [2.75, 3.05) is 26.2 Å². The molecule has 1 heterocycles. The van der Waals surface area contributed by atoms with E-state index in [0.717, 1.165) is 25.2 Å². The van der Waals surface area contributed by atoms with Crippen LogP contribution in [0.4, 0.5) is 4.39 Å². The van der Waals surface area contributed by atoms with Crippen molar-refractivity contribution in [1.82, 2.24) is 10.2 Å². The molecule has 2 aromatic rings. The summed E-state index contributed by atoms with van der Waals surface area (Å²) in [6.45, 7) is 7.06. The molecule has 1 unspecified atom stereocenters. The summed E-state index contributed by atoms with van der Waals surface area (Å²) in [6.07, 6.45) is -0.410. The van der Waals surface area contributed by atoms with E-state index >= 15 is 0 Å². The molecule has 0 radical (unpaired) electrons. The Hall–Kier alpha value is -2.15. The summed E-state index contributed by atoms with van der Waals surface area (Å²) in [6, 6.07) is 9.95. The second kappa shape index (κ2) is 8.90. The first kappa shape index (κ1) is 20.6. The van der Waals surface area contributed by atoms with E-state index in [9.17, 15) is 9.18 Å². The first-order valence-electron chi connectivity index (χ1n) is 9.25. The van der Waals surface area contributed by atoms with Crippen molar-refractivity contribution >= 4 is 17.6 Å². The van der Waals surface area contributed by atoms with E-state index in [2.05, 4.69) is 17.1 Å². The van der Waals surface area contributed by atoms with Gasteiger partial charge < -0.3 is 15.2 Å². The van der Waals surface area contributed by atoms with E-state index in [0.29, 0.717) is 23.9 Å². The fourth-order valence-corrected chi connectivity index (χ4v) is 3.59. The van der Waals surface area contributed by atoms with Gasteiger partial charge in [-0.3, -0.25) is 4.90 Å². The van der Waals surface area contributed by atoms with Gasteiger partial charge in [-0.2, -0.15) is 0 Å². The quantitative estimate of drug-likeness (QED) is 0.761. The fraction of sp³-hybridized carbons (Fsp3) is 0.381. The SMILES string of the molecule is Cc1ccc(C(CN2CCN[C@H](C)C2)Oc2ccc(C(=O)O)c(Cl)c2)cc1F. The first-order chi connectivity index (χ1) is 13.3. The third-order valence-electron chi connectivity index (χ3n) is 4.89. The number of nitrogens with one attached hydrogen (secondary N) is 1. The number of halogens is 2. The summed E-state index contributed by atoms with van der Waals surface area (Å²) in [5.41, 5.74) is 1.32. The number of ether oxygens (including phenoxy) is 1. The van der Waals surface area contributed by atoms with E-state index in [-0.39, 0.29) is 16.4 Å². The molecule has 3 rings (SSSR count). The number of carboxylic acids is 1. The number of hydrogen-bond acceptors (Lipinski definition) is 4. The van der Waals surface area contributed by atoms with Gasteiger partial charge in [-0.15, -0.1) is 0 Å². The lowest BCUT2D eigenvalue weighted by Crippen LogP contribution is -2.50. The molecule has 7 heteroatoms. The van der Waals surface area contributed by atoms with Crippen LogP contribution in [0.15, 0.2) is 36.4 Å². The largest absolute Gasteiger partial charge is 0.484 e. The molecule has 150 valence electrons. The smallest absolute Gasteiger partial charge is 0.337 e. The first-order valence-corrected chi connectivity index (χ1v) is 9.62. The number of nitrogens with zero attached hydrogens (tertiary/aromatic N) is 1. The molecule has 28 heavy (non-hydrogen) atoms. The molecule has 0 spiro atoms. The minimum atomic E-state index is -1.09. The lowest BCUT2D eigenvalue weighted by molar-refractivity contribution is 0.0697. The van der Waals surface area contributed by atoms with Crippen molar-refractivity contribution in [2.24, 2.45) is 0 Å². The molecule has 2 atom stereocenters. The van der Waals surface area contributed by atoms with Gasteiger partial charge in [0.05, 0.1) is 10.6 Å². The van der Waals surface area contributed by atoms with Gasteiger partial charge in [-0.1, -0.05) is 23.7 Å². The molecular weight excluding hydrogens is 383 g/mol. The molecule has 0 amide bonds. The Labute approximate surface area is 169 Å². The van der Waals surface area contributed by atoms with E-state index in [4.69, 9.17) is 21.4 Å². The Balaban J connectivity index is 1.86. The standard InChI is InChI=1S/C21H24ClFN2O3/c1-13-3-4-15(9-19(13)23)20(12-25-8-7-24-14(2)11-25)28-16-5-6-17(21(26)27)18(22)10-16/h3-6,9-10,14,20,24H,7-8,11-12H2,1-2H3,(H,26,27)/t14-,20?/m1/s1. The van der Waals surface area contributed by atoms with Crippen molar-refractivity contribution in [2.45, 2.75) is 26.0 Å². The number of rotatable bonds is 6. The van der Waals surface area contributed by atoms with Gasteiger partial charge in [-0.25, -0.2) is 9.18 Å². The van der Waals surface area contributed by atoms with Gasteiger partial charge >= 0.3 is 5.97 Å². The second-order valence-electron chi connectivity index (χ2n) is 7.18. The van der Waals surface area contributed by atoms with Crippen LogP contribution in [0.2, 0.25) is 5.02 Å². The third kappa shape index (κ3) is 5.01. The summed E-state index contributed by atoms with van der Waals surface area (Å²) < 4.78 is 20.3. The number of aromatic carboxylic acids is 1. The van der Waals surface area contributed by atoms with Crippen LogP contribution in [0.3, 0.4) is 0 Å². The molecule has 1 aliphatic heterocycles. The van der Waals surface area contributed by atoms with Crippen molar-refractivity contribution in [1.29, 1.82) is 0 Å². The van der Waals surface area contributed by atoms with Crippen molar-refractivity contribution in [3.05, 3.63) is 63.9 Å². The molecule has 0 aliphatic carbocycles. The number of benzene rings is 2. The zero-order valence-corrected chi connectivity index (χ0v) is 16.7. The van der Waals surface area contributed by atoms with Gasteiger partial charge in [-0.05, 0) is 49.2 Å². The third-order valence-corrected chi connectivity index (χ3v) is 5.21. The van der Waals surface area contributed by atoms with Crippen molar-refractivity contribution in [3.63, 3.8) is 0 Å². The number of hydrogen-bond donors (Lipinski definition) is 2. The Morgan fingerprint density at radius 3 is 2.82 bits per heavy atom. The average Bonchev–Trinajstić information content (AvgIpc) is 2.63. The lowest BCUT2D eigenvalue weighted by Gasteiger charge is -2.34. The van der Waals surface area contributed by atoms with Gasteiger partial charge in [0.1, 0.15) is 17.7 Å². The highest BCUT2D eigenvalue weighted by molar-refractivity contribution is 6.33. The van der Waals surface area contributed by atoms with Crippen LogP contribution >= 0.6 is 11.6 Å². The number of carbonyl (C=O) groups is 1. The monoisotopic (exact) mass is 406 g/mol. The highest BCUT2D eigenvalue weighted by Gasteiger charge is 2.23. The van der Waals surface area contributed by atoms with Gasteiger partial charge in [0.25, 0.3) is 0 Å². The zero-order valence-electron chi connectivity index (χ0n) is 15.9. The highest BCUT2D eigenvalue weighted by atomic mass is 35.5. The average molecular weight is 407 g/mol. The Kier molecular flexibility index (Phi) is 6.54. The molecule has 5 nitrogen and oxygen atoms in total. The van der Waals surface area contributed by atoms with Crippen LogP contribution < -0.4 is 10.1 Å². The zero-order chi connectivity index (χ0) is 20.3. The fourth-order valence-electron chi connectivity index (χ4n) is 3.34. The minimum Gasteiger partial charge on any atom is -0.484 e. The minimum absolute atomic E-state index is 0.0166. The Bertz CT molecular complexity index is 862. The van der Waals surface area contributed by atoms with Crippen LogP contribution in [-0.4, -0.2) is 48.2 Å². The summed E-state index contributed by atoms with van der Waals surface area (Å²) in [4.78, 5) is 13.4. The normalized spacial score (nSPS) is 18.6. The van der Waals surface area contributed by atoms with Crippen molar-refractivity contribution < 1.29 is 19.0 Å². The van der Waals surface area contributed by atoms with E-state index < -0.39 is 12.1 Å². The molecule has 2 N–H and O–H groups in total. The topological polar surface area (TPSA) is 61.8 Å². The van der Waals surface area contributed by atoms with Gasteiger partial charge in [0, 0.05) is 32.2 Å². The predicted octanol–water partition coefficient (Wildman–Crippen LogP) is 3.90. The van der Waals surface area contributed by atoms with Crippen LogP contribution in [0, 0.1) is 12.7 Å². The van der Waals surface area contributed by atoms with Crippen LogP contribution in [-0.2, 0) is 0 Å². The maximum atomic E-state index is 14.2. The van der Waals surface area contributed by atoms with E-state index in [1.165, 1.54) is 18.2 Å². The molecular formula is C21H24ClFN2O3. The summed E-state index contributed by atoms with van der Waals surface area (Å²) in [7, 11) is 0. The Morgan fingerprint density at radius 2 is 2.18 bits per heavy atom. The lowest BCUT2D eigenvalue weighted by atomic mass is 10.1. The maximum absolute atomic E-state index is 14.2. The highest BCUT2D eigenvalue weighted by Crippen LogP contribution is 2.28. The van der Waals surface area contributed by atoms with Crippen LogP contribution in [0.5, 0.6) is 5.75 Å². The predicted molar refractivity (Wildman–Crippen MR) is 107 cm³/mol.